The Kier molecular flexibility index (Phi) is 4.72. The van der Waals surface area contributed by atoms with Gasteiger partial charge in [-0.25, -0.2) is 0 Å². The topological polar surface area (TPSA) is 98.2 Å². The summed E-state index contributed by atoms with van der Waals surface area (Å²) in [6.45, 7) is 0. The smallest absolute Gasteiger partial charge is 0.274 e. The van der Waals surface area contributed by atoms with Crippen molar-refractivity contribution in [3.8, 4) is 10.6 Å². The fourth-order valence-electron chi connectivity index (χ4n) is 2.22. The molecule has 0 bridgehead atoms. The molecule has 7 heteroatoms. The number of primary amides is 1. The Bertz CT molecular complexity index is 828. The number of hydrogen-bond donors (Lipinski definition) is 2. The van der Waals surface area contributed by atoms with Gasteiger partial charge in [-0.3, -0.25) is 9.59 Å². The Morgan fingerprint density at radius 2 is 2.00 bits per heavy atom. The van der Waals surface area contributed by atoms with Crippen LogP contribution < -0.4 is 11.1 Å². The Balaban J connectivity index is 1.71. The van der Waals surface area contributed by atoms with E-state index < -0.39 is 17.9 Å². The number of carbonyl (C=O) groups excluding carboxylic acids is 2. The fraction of sp³-hybridized carbons (Fsp3) is 0.118. The molecule has 1 unspecified atom stereocenters. The first kappa shape index (κ1) is 15.9. The molecule has 2 aromatic heterocycles. The molecule has 3 rings (SSSR count). The summed E-state index contributed by atoms with van der Waals surface area (Å²) >= 11 is 1.48. The maximum atomic E-state index is 12.3. The minimum Gasteiger partial charge on any atom is -0.368 e. The lowest BCUT2D eigenvalue weighted by Gasteiger charge is -2.14. The first-order valence-corrected chi connectivity index (χ1v) is 8.16. The highest BCUT2D eigenvalue weighted by Crippen LogP contribution is 2.25. The third kappa shape index (κ3) is 3.69. The van der Waals surface area contributed by atoms with Crippen LogP contribution in [0, 0.1) is 0 Å². The van der Waals surface area contributed by atoms with Crippen molar-refractivity contribution in [1.29, 1.82) is 0 Å². The highest BCUT2D eigenvalue weighted by atomic mass is 32.1. The predicted molar refractivity (Wildman–Crippen MR) is 90.4 cm³/mol. The fourth-order valence-corrected chi connectivity index (χ4v) is 2.90. The van der Waals surface area contributed by atoms with Crippen LogP contribution in [0.2, 0.25) is 0 Å². The molecule has 0 aliphatic rings. The van der Waals surface area contributed by atoms with Gasteiger partial charge in [-0.05, 0) is 17.0 Å². The summed E-state index contributed by atoms with van der Waals surface area (Å²) < 4.78 is 5.17. The van der Waals surface area contributed by atoms with Gasteiger partial charge < -0.3 is 15.6 Å². The van der Waals surface area contributed by atoms with Crippen molar-refractivity contribution < 1.29 is 14.1 Å². The van der Waals surface area contributed by atoms with Gasteiger partial charge >= 0.3 is 0 Å². The zero-order chi connectivity index (χ0) is 16.9. The molecule has 0 saturated heterocycles. The van der Waals surface area contributed by atoms with E-state index >= 15 is 0 Å². The Morgan fingerprint density at radius 1 is 1.21 bits per heavy atom. The molecule has 1 aromatic carbocycles. The molecule has 24 heavy (non-hydrogen) atoms. The third-order valence-electron chi connectivity index (χ3n) is 3.44. The minimum absolute atomic E-state index is 0.109. The molecular weight excluding hydrogens is 326 g/mol. The van der Waals surface area contributed by atoms with Gasteiger partial charge in [0.25, 0.3) is 5.91 Å². The molecule has 3 aromatic rings. The second-order valence-electron chi connectivity index (χ2n) is 5.17. The third-order valence-corrected chi connectivity index (χ3v) is 4.32. The lowest BCUT2D eigenvalue weighted by molar-refractivity contribution is -0.119. The van der Waals surface area contributed by atoms with Crippen LogP contribution >= 0.6 is 11.3 Å². The first-order valence-electron chi connectivity index (χ1n) is 7.28. The van der Waals surface area contributed by atoms with Crippen molar-refractivity contribution >= 4 is 23.2 Å². The van der Waals surface area contributed by atoms with Gasteiger partial charge in [-0.15, -0.1) is 11.3 Å². The maximum Gasteiger partial charge on any atom is 0.274 e. The molecule has 2 heterocycles. The number of rotatable bonds is 6. The number of nitrogens with two attached hydrogens (primary N) is 1. The van der Waals surface area contributed by atoms with Crippen LogP contribution in [0.4, 0.5) is 0 Å². The van der Waals surface area contributed by atoms with E-state index in [9.17, 15) is 9.59 Å². The van der Waals surface area contributed by atoms with Gasteiger partial charge in [0.1, 0.15) is 6.04 Å². The Morgan fingerprint density at radius 3 is 2.67 bits per heavy atom. The lowest BCUT2D eigenvalue weighted by Crippen LogP contribution is -2.45. The zero-order valence-corrected chi connectivity index (χ0v) is 13.5. The highest BCUT2D eigenvalue weighted by Gasteiger charge is 2.22. The molecule has 6 nitrogen and oxygen atoms in total. The number of carbonyl (C=O) groups is 2. The summed E-state index contributed by atoms with van der Waals surface area (Å²) in [5.74, 6) is -0.593. The van der Waals surface area contributed by atoms with Crippen molar-refractivity contribution in [3.63, 3.8) is 0 Å². The molecule has 0 spiro atoms. The quantitative estimate of drug-likeness (QED) is 0.718. The van der Waals surface area contributed by atoms with Gasteiger partial charge in [0.2, 0.25) is 5.91 Å². The zero-order valence-electron chi connectivity index (χ0n) is 12.6. The van der Waals surface area contributed by atoms with Crippen molar-refractivity contribution in [2.45, 2.75) is 12.5 Å². The van der Waals surface area contributed by atoms with Crippen molar-refractivity contribution in [2.24, 2.45) is 5.73 Å². The van der Waals surface area contributed by atoms with Crippen molar-refractivity contribution in [2.75, 3.05) is 0 Å². The van der Waals surface area contributed by atoms with E-state index in [1.165, 1.54) is 11.3 Å². The molecule has 0 aliphatic carbocycles. The highest BCUT2D eigenvalue weighted by molar-refractivity contribution is 7.13. The number of hydrogen-bond acceptors (Lipinski definition) is 5. The van der Waals surface area contributed by atoms with E-state index in [4.69, 9.17) is 10.3 Å². The van der Waals surface area contributed by atoms with Crippen LogP contribution in [-0.4, -0.2) is 23.0 Å². The minimum atomic E-state index is -0.818. The molecule has 1 atom stereocenters. The predicted octanol–water partition coefficient (Wildman–Crippen LogP) is 2.23. The van der Waals surface area contributed by atoms with Crippen molar-refractivity contribution in [3.05, 3.63) is 65.2 Å². The van der Waals surface area contributed by atoms with E-state index in [-0.39, 0.29) is 5.69 Å². The van der Waals surface area contributed by atoms with Gasteiger partial charge in [0.15, 0.2) is 11.5 Å². The summed E-state index contributed by atoms with van der Waals surface area (Å²) in [6.07, 6.45) is 0.317. The number of thiophene rings is 1. The van der Waals surface area contributed by atoms with E-state index in [1.807, 2.05) is 47.8 Å². The van der Waals surface area contributed by atoms with Crippen LogP contribution in [0.5, 0.6) is 0 Å². The first-order chi connectivity index (χ1) is 11.6. The van der Waals surface area contributed by atoms with Gasteiger partial charge in [-0.1, -0.05) is 41.6 Å². The second-order valence-corrected chi connectivity index (χ2v) is 6.12. The number of nitrogens with one attached hydrogen (secondary N) is 1. The van der Waals surface area contributed by atoms with E-state index in [1.54, 1.807) is 6.07 Å². The van der Waals surface area contributed by atoms with Gasteiger partial charge in [-0.2, -0.15) is 0 Å². The van der Waals surface area contributed by atoms with Crippen molar-refractivity contribution in [1.82, 2.24) is 10.5 Å². The largest absolute Gasteiger partial charge is 0.368 e. The molecular formula is C17H15N3O3S. The maximum absolute atomic E-state index is 12.3. The van der Waals surface area contributed by atoms with Gasteiger partial charge in [0, 0.05) is 12.5 Å². The lowest BCUT2D eigenvalue weighted by atomic mass is 10.1. The van der Waals surface area contributed by atoms with Crippen LogP contribution in [0.15, 0.2) is 58.4 Å². The van der Waals surface area contributed by atoms with Crippen LogP contribution in [0.1, 0.15) is 16.1 Å². The number of aromatic nitrogens is 1. The van der Waals surface area contributed by atoms with Crippen LogP contribution in [0.3, 0.4) is 0 Å². The summed E-state index contributed by atoms with van der Waals surface area (Å²) in [5.41, 5.74) is 6.41. The second kappa shape index (κ2) is 7.10. The average Bonchev–Trinajstić information content (AvgIpc) is 3.26. The number of nitrogens with zero attached hydrogens (tertiary/aromatic N) is 1. The molecule has 0 aliphatic heterocycles. The Hall–Kier alpha value is -2.93. The molecule has 0 radical (unpaired) electrons. The monoisotopic (exact) mass is 341 g/mol. The SMILES string of the molecule is NC(=O)C(Cc1ccccc1)NC(=O)c1cc(-c2cccs2)on1. The molecule has 122 valence electrons. The summed E-state index contributed by atoms with van der Waals surface area (Å²) in [7, 11) is 0. The molecule has 0 saturated carbocycles. The van der Waals surface area contributed by atoms with Crippen LogP contribution in [-0.2, 0) is 11.2 Å². The molecule has 0 fully saturated rings. The molecule has 3 N–H and O–H groups in total. The molecule has 2 amide bonds. The van der Waals surface area contributed by atoms with E-state index in [0.29, 0.717) is 12.2 Å². The number of benzene rings is 1. The normalized spacial score (nSPS) is 11.8. The number of amides is 2. The van der Waals surface area contributed by atoms with Gasteiger partial charge in [0.05, 0.1) is 4.88 Å². The summed E-state index contributed by atoms with van der Waals surface area (Å²) in [5, 5.41) is 8.27. The van der Waals surface area contributed by atoms with E-state index in [2.05, 4.69) is 10.5 Å². The summed E-state index contributed by atoms with van der Waals surface area (Å²) in [6, 6.07) is 13.8. The Labute approximate surface area is 142 Å². The standard InChI is InChI=1S/C17H15N3O3S/c18-16(21)12(9-11-5-2-1-3-6-11)19-17(22)13-10-14(23-20-13)15-7-4-8-24-15/h1-8,10,12H,9H2,(H2,18,21)(H,19,22). The van der Waals surface area contributed by atoms with E-state index in [0.717, 1.165) is 10.4 Å². The average molecular weight is 341 g/mol. The summed E-state index contributed by atoms with van der Waals surface area (Å²) in [4.78, 5) is 24.8. The van der Waals surface area contributed by atoms with Crippen LogP contribution in [0.25, 0.3) is 10.6 Å².